The molecule has 0 radical (unpaired) electrons. The summed E-state index contributed by atoms with van der Waals surface area (Å²) in [5, 5.41) is 15.2. The summed E-state index contributed by atoms with van der Waals surface area (Å²) in [7, 11) is 0. The number of carboxylic acids is 1. The summed E-state index contributed by atoms with van der Waals surface area (Å²) >= 11 is 0. The number of carboxylic acid groups (broad SMARTS) is 1. The van der Waals surface area contributed by atoms with Crippen LogP contribution in [0.4, 0.5) is 0 Å². The molecule has 3 aromatic rings. The van der Waals surface area contributed by atoms with Gasteiger partial charge in [-0.2, -0.15) is 10.1 Å². The molecule has 0 aliphatic rings. The maximum atomic E-state index is 11.5. The zero-order chi connectivity index (χ0) is 15.0. The Labute approximate surface area is 117 Å². The van der Waals surface area contributed by atoms with E-state index in [4.69, 9.17) is 9.84 Å². The van der Waals surface area contributed by atoms with Gasteiger partial charge in [0.05, 0.1) is 0 Å². The Bertz CT molecular complexity index is 897. The first-order chi connectivity index (χ1) is 10.1. The number of aromatic amines is 1. The van der Waals surface area contributed by atoms with Crippen LogP contribution in [0, 0.1) is 6.92 Å². The van der Waals surface area contributed by atoms with Gasteiger partial charge >= 0.3 is 11.7 Å². The second-order valence-electron chi connectivity index (χ2n) is 4.27. The largest absolute Gasteiger partial charge is 0.478 e. The number of ether oxygens (including phenoxy) is 1. The molecule has 3 rings (SSSR count). The van der Waals surface area contributed by atoms with Gasteiger partial charge in [-0.05, 0) is 19.1 Å². The first-order valence-corrected chi connectivity index (χ1v) is 6.01. The molecule has 2 aromatic heterocycles. The number of H-pyrrole nitrogens is 1. The van der Waals surface area contributed by atoms with Crippen LogP contribution in [0.1, 0.15) is 16.2 Å². The van der Waals surface area contributed by atoms with Crippen molar-refractivity contribution in [3.63, 3.8) is 0 Å². The third kappa shape index (κ3) is 2.22. The Hall–Kier alpha value is -3.16. The van der Waals surface area contributed by atoms with Gasteiger partial charge < -0.3 is 9.84 Å². The first-order valence-electron chi connectivity index (χ1n) is 6.01. The van der Waals surface area contributed by atoms with Crippen LogP contribution in [0.5, 0.6) is 11.6 Å². The monoisotopic (exact) mass is 286 g/mol. The fourth-order valence-electron chi connectivity index (χ4n) is 1.97. The summed E-state index contributed by atoms with van der Waals surface area (Å²) in [5.74, 6) is -0.389. The first kappa shape index (κ1) is 12.9. The van der Waals surface area contributed by atoms with E-state index < -0.39 is 11.7 Å². The summed E-state index contributed by atoms with van der Waals surface area (Å²) in [4.78, 5) is 26.7. The van der Waals surface area contributed by atoms with E-state index in [-0.39, 0.29) is 17.2 Å². The molecule has 8 nitrogen and oxygen atoms in total. The lowest BCUT2D eigenvalue weighted by molar-refractivity contribution is 0.0694. The minimum absolute atomic E-state index is 0.0243. The molecule has 0 saturated carbocycles. The van der Waals surface area contributed by atoms with Crippen LogP contribution in [-0.4, -0.2) is 30.7 Å². The number of nitrogens with zero attached hydrogens (tertiary/aromatic N) is 3. The summed E-state index contributed by atoms with van der Waals surface area (Å²) in [5.41, 5.74) is -0.0287. The van der Waals surface area contributed by atoms with Crippen molar-refractivity contribution in [2.24, 2.45) is 0 Å². The normalized spacial score (nSPS) is 10.7. The van der Waals surface area contributed by atoms with E-state index in [9.17, 15) is 9.59 Å². The van der Waals surface area contributed by atoms with Crippen molar-refractivity contribution >= 4 is 11.6 Å². The van der Waals surface area contributed by atoms with Crippen LogP contribution in [-0.2, 0) is 0 Å². The predicted octanol–water partition coefficient (Wildman–Crippen LogP) is 1.22. The topological polar surface area (TPSA) is 110 Å². The van der Waals surface area contributed by atoms with Gasteiger partial charge in [-0.3, -0.25) is 0 Å². The van der Waals surface area contributed by atoms with Gasteiger partial charge in [0.2, 0.25) is 5.88 Å². The smallest absolute Gasteiger partial charge is 0.349 e. The molecule has 0 fully saturated rings. The molecule has 0 unspecified atom stereocenters. The Kier molecular flexibility index (Phi) is 2.90. The Morgan fingerprint density at radius 3 is 2.90 bits per heavy atom. The van der Waals surface area contributed by atoms with Crippen molar-refractivity contribution in [3.8, 4) is 11.6 Å². The molecule has 21 heavy (non-hydrogen) atoms. The fourth-order valence-corrected chi connectivity index (χ4v) is 1.97. The third-order valence-corrected chi connectivity index (χ3v) is 2.88. The van der Waals surface area contributed by atoms with Gasteiger partial charge in [0.25, 0.3) is 0 Å². The number of hydrogen-bond donors (Lipinski definition) is 2. The van der Waals surface area contributed by atoms with Gasteiger partial charge in [-0.25, -0.2) is 19.1 Å². The summed E-state index contributed by atoms with van der Waals surface area (Å²) < 4.78 is 6.80. The quantitative estimate of drug-likeness (QED) is 0.749. The molecule has 0 spiro atoms. The van der Waals surface area contributed by atoms with E-state index in [1.165, 1.54) is 22.6 Å². The van der Waals surface area contributed by atoms with Crippen LogP contribution in [0.2, 0.25) is 0 Å². The van der Waals surface area contributed by atoms with E-state index in [2.05, 4.69) is 15.2 Å². The molecule has 0 bridgehead atoms. The number of para-hydroxylation sites is 1. The molecule has 1 aromatic carbocycles. The van der Waals surface area contributed by atoms with Crippen LogP contribution in [0.15, 0.2) is 35.1 Å². The van der Waals surface area contributed by atoms with Crippen LogP contribution >= 0.6 is 0 Å². The molecule has 2 N–H and O–H groups in total. The minimum atomic E-state index is -1.10. The van der Waals surface area contributed by atoms with Gasteiger partial charge in [-0.15, -0.1) is 0 Å². The summed E-state index contributed by atoms with van der Waals surface area (Å²) in [6.07, 6.45) is 0. The molecular formula is C13H10N4O4. The highest BCUT2D eigenvalue weighted by Gasteiger charge is 2.13. The zero-order valence-electron chi connectivity index (χ0n) is 10.9. The van der Waals surface area contributed by atoms with Gasteiger partial charge in [-0.1, -0.05) is 12.1 Å². The number of rotatable bonds is 3. The zero-order valence-corrected chi connectivity index (χ0v) is 10.9. The third-order valence-electron chi connectivity index (χ3n) is 2.88. The minimum Gasteiger partial charge on any atom is -0.478 e. The lowest BCUT2D eigenvalue weighted by atomic mass is 10.2. The molecule has 0 aliphatic heterocycles. The maximum Gasteiger partial charge on any atom is 0.349 e. The highest BCUT2D eigenvalue weighted by Crippen LogP contribution is 2.24. The number of aromatic nitrogens is 4. The molecule has 8 heteroatoms. The highest BCUT2D eigenvalue weighted by atomic mass is 16.5. The van der Waals surface area contributed by atoms with E-state index in [0.29, 0.717) is 11.5 Å². The number of nitrogens with one attached hydrogen (secondary N) is 1. The van der Waals surface area contributed by atoms with Crippen molar-refractivity contribution < 1.29 is 14.6 Å². The van der Waals surface area contributed by atoms with Crippen molar-refractivity contribution in [1.82, 2.24) is 19.6 Å². The van der Waals surface area contributed by atoms with E-state index in [1.54, 1.807) is 19.1 Å². The number of carbonyl (C=O) groups is 1. The average molecular weight is 286 g/mol. The van der Waals surface area contributed by atoms with Crippen molar-refractivity contribution in [1.29, 1.82) is 0 Å². The van der Waals surface area contributed by atoms with E-state index in [0.717, 1.165) is 0 Å². The second-order valence-corrected chi connectivity index (χ2v) is 4.27. The van der Waals surface area contributed by atoms with Gasteiger partial charge in [0, 0.05) is 6.07 Å². The van der Waals surface area contributed by atoms with Gasteiger partial charge in [0.15, 0.2) is 5.65 Å². The number of aromatic carboxylic acids is 1. The standard InChI is InChI=1S/C13H10N4O4/c1-7-14-11(6-10-15-16-13(20)17(7)10)21-9-5-3-2-4-8(9)12(18)19/h2-6H,1H3,(H,16,20)(H,18,19). The molecule has 0 atom stereocenters. The average Bonchev–Trinajstić information content (AvgIpc) is 2.81. The lowest BCUT2D eigenvalue weighted by Gasteiger charge is -2.08. The lowest BCUT2D eigenvalue weighted by Crippen LogP contribution is -2.13. The number of benzene rings is 1. The predicted molar refractivity (Wildman–Crippen MR) is 71.8 cm³/mol. The second kappa shape index (κ2) is 4.75. The van der Waals surface area contributed by atoms with Crippen molar-refractivity contribution in [3.05, 3.63) is 52.2 Å². The fraction of sp³-hybridized carbons (Fsp3) is 0.0769. The molecule has 0 saturated heterocycles. The van der Waals surface area contributed by atoms with E-state index >= 15 is 0 Å². The van der Waals surface area contributed by atoms with Crippen molar-refractivity contribution in [2.75, 3.05) is 0 Å². The number of aryl methyl sites for hydroxylation is 1. The van der Waals surface area contributed by atoms with Crippen LogP contribution in [0.25, 0.3) is 5.65 Å². The molecule has 106 valence electrons. The molecule has 2 heterocycles. The summed E-state index contributed by atoms with van der Waals surface area (Å²) in [6.45, 7) is 1.62. The highest BCUT2D eigenvalue weighted by molar-refractivity contribution is 5.90. The molecule has 0 amide bonds. The van der Waals surface area contributed by atoms with Gasteiger partial charge in [0.1, 0.15) is 17.1 Å². The number of hydrogen-bond acceptors (Lipinski definition) is 5. The van der Waals surface area contributed by atoms with Crippen LogP contribution < -0.4 is 10.4 Å². The molecular weight excluding hydrogens is 276 g/mol. The van der Waals surface area contributed by atoms with E-state index in [1.807, 2.05) is 0 Å². The Morgan fingerprint density at radius 1 is 1.38 bits per heavy atom. The Balaban J connectivity index is 2.07. The maximum absolute atomic E-state index is 11.5. The Morgan fingerprint density at radius 2 is 2.14 bits per heavy atom. The van der Waals surface area contributed by atoms with Crippen LogP contribution in [0.3, 0.4) is 0 Å². The summed E-state index contributed by atoms with van der Waals surface area (Å²) in [6, 6.07) is 7.67. The number of fused-ring (bicyclic) bond motifs is 1. The molecule has 0 aliphatic carbocycles. The SMILES string of the molecule is Cc1nc(Oc2ccccc2C(=O)O)cc2n[nH]c(=O)n12. The van der Waals surface area contributed by atoms with Crippen molar-refractivity contribution in [2.45, 2.75) is 6.92 Å².